The van der Waals surface area contributed by atoms with Gasteiger partial charge in [-0.3, -0.25) is 9.59 Å². The number of ketones is 2. The highest BCUT2D eigenvalue weighted by atomic mass is 35.5. The molecule has 2 rings (SSSR count). The van der Waals surface area contributed by atoms with Gasteiger partial charge in [-0.05, 0) is 19.3 Å². The minimum absolute atomic E-state index is 0.0370. The van der Waals surface area contributed by atoms with Crippen molar-refractivity contribution in [2.24, 2.45) is 5.92 Å². The molecule has 0 aromatic heterocycles. The van der Waals surface area contributed by atoms with Crippen molar-refractivity contribution in [3.8, 4) is 0 Å². The highest BCUT2D eigenvalue weighted by molar-refractivity contribution is 6.55. The summed E-state index contributed by atoms with van der Waals surface area (Å²) >= 11 is 5.87. The molecule has 2 aliphatic carbocycles. The van der Waals surface area contributed by atoms with Gasteiger partial charge < -0.3 is 0 Å². The fourth-order valence-electron chi connectivity index (χ4n) is 1.83. The Hall–Kier alpha value is -0.370. The number of Topliss-reactive ketones (excluding diaryl/α,β-unsaturated/α-hetero) is 2. The molecule has 2 bridgehead atoms. The van der Waals surface area contributed by atoms with Crippen LogP contribution in [-0.4, -0.2) is 16.4 Å². The second kappa shape index (κ2) is 1.62. The molecule has 0 aliphatic heterocycles. The van der Waals surface area contributed by atoms with Gasteiger partial charge in [0.05, 0.1) is 0 Å². The van der Waals surface area contributed by atoms with Crippen LogP contribution in [0.4, 0.5) is 0 Å². The van der Waals surface area contributed by atoms with E-state index in [9.17, 15) is 9.59 Å². The lowest BCUT2D eigenvalue weighted by atomic mass is 9.98. The van der Waals surface area contributed by atoms with Crippen molar-refractivity contribution < 1.29 is 9.59 Å². The van der Waals surface area contributed by atoms with E-state index in [1.807, 2.05) is 0 Å². The predicted octanol–water partition coefficient (Wildman–Crippen LogP) is 0.916. The summed E-state index contributed by atoms with van der Waals surface area (Å²) in [6.07, 6.45) is 2.10. The van der Waals surface area contributed by atoms with Crippen LogP contribution in [0.2, 0.25) is 0 Å². The van der Waals surface area contributed by atoms with Gasteiger partial charge in [-0.1, -0.05) is 0 Å². The Balaban J connectivity index is 2.43. The predicted molar refractivity (Wildman–Crippen MR) is 35.9 cm³/mol. The highest BCUT2D eigenvalue weighted by Crippen LogP contribution is 2.47. The fourth-order valence-corrected chi connectivity index (χ4v) is 2.22. The van der Waals surface area contributed by atoms with Crippen LogP contribution >= 0.6 is 11.6 Å². The van der Waals surface area contributed by atoms with E-state index < -0.39 is 4.87 Å². The topological polar surface area (TPSA) is 34.1 Å². The van der Waals surface area contributed by atoms with Gasteiger partial charge in [0.15, 0.2) is 0 Å². The van der Waals surface area contributed by atoms with Gasteiger partial charge in [0.2, 0.25) is 11.6 Å². The van der Waals surface area contributed by atoms with Crippen LogP contribution in [0, 0.1) is 5.92 Å². The maximum atomic E-state index is 11.0. The minimum Gasteiger partial charge on any atom is -0.291 e. The van der Waals surface area contributed by atoms with Crippen LogP contribution in [0.25, 0.3) is 0 Å². The van der Waals surface area contributed by atoms with E-state index >= 15 is 0 Å². The van der Waals surface area contributed by atoms with Crippen molar-refractivity contribution in [3.63, 3.8) is 0 Å². The van der Waals surface area contributed by atoms with Gasteiger partial charge in [0.25, 0.3) is 0 Å². The molecule has 2 fully saturated rings. The maximum absolute atomic E-state index is 11.0. The zero-order valence-electron chi connectivity index (χ0n) is 5.39. The Labute approximate surface area is 63.5 Å². The van der Waals surface area contributed by atoms with E-state index in [-0.39, 0.29) is 17.5 Å². The van der Waals surface area contributed by atoms with Crippen molar-refractivity contribution in [3.05, 3.63) is 0 Å². The number of hydrogen-bond acceptors (Lipinski definition) is 2. The molecule has 0 saturated heterocycles. The molecule has 54 valence electrons. The molecule has 0 aromatic rings. The minimum atomic E-state index is -0.776. The Kier molecular flexibility index (Phi) is 1.03. The molecule has 2 saturated carbocycles. The van der Waals surface area contributed by atoms with Gasteiger partial charge in [-0.2, -0.15) is 0 Å². The van der Waals surface area contributed by atoms with Crippen LogP contribution in [0.1, 0.15) is 19.3 Å². The van der Waals surface area contributed by atoms with E-state index in [0.29, 0.717) is 12.8 Å². The molecule has 0 amide bonds. The molecule has 0 heterocycles. The number of halogens is 1. The number of carbonyl (C=O) groups is 2. The lowest BCUT2D eigenvalue weighted by Crippen LogP contribution is -2.31. The molecule has 2 aliphatic rings. The zero-order valence-corrected chi connectivity index (χ0v) is 6.15. The third kappa shape index (κ3) is 0.553. The van der Waals surface area contributed by atoms with E-state index in [0.717, 1.165) is 6.42 Å². The first-order valence-electron chi connectivity index (χ1n) is 3.41. The Morgan fingerprint density at radius 3 is 2.50 bits per heavy atom. The average Bonchev–Trinajstić information content (AvgIpc) is 2.35. The smallest absolute Gasteiger partial charge is 0.219 e. The molecule has 2 atom stereocenters. The summed E-state index contributed by atoms with van der Waals surface area (Å²) < 4.78 is 0. The first-order chi connectivity index (χ1) is 4.63. The van der Waals surface area contributed by atoms with Crippen molar-refractivity contribution in [2.75, 3.05) is 0 Å². The summed E-state index contributed by atoms with van der Waals surface area (Å²) in [6.45, 7) is 0. The number of rotatable bonds is 0. The van der Waals surface area contributed by atoms with Crippen LogP contribution in [0.5, 0.6) is 0 Å². The lowest BCUT2D eigenvalue weighted by molar-refractivity contribution is -0.138. The van der Waals surface area contributed by atoms with Crippen LogP contribution < -0.4 is 0 Å². The maximum Gasteiger partial charge on any atom is 0.219 e. The second-order valence-corrected chi connectivity index (χ2v) is 3.82. The average molecular weight is 159 g/mol. The Morgan fingerprint density at radius 2 is 2.20 bits per heavy atom. The summed E-state index contributed by atoms with van der Waals surface area (Å²) in [5.41, 5.74) is 0. The van der Waals surface area contributed by atoms with Crippen LogP contribution in [0.3, 0.4) is 0 Å². The fraction of sp³-hybridized carbons (Fsp3) is 0.714. The molecule has 0 N–H and O–H groups in total. The van der Waals surface area contributed by atoms with Crippen molar-refractivity contribution in [2.45, 2.75) is 24.1 Å². The molecule has 0 spiro atoms. The normalized spacial score (nSPS) is 45.1. The molecule has 0 aromatic carbocycles. The third-order valence-electron chi connectivity index (χ3n) is 2.46. The molecule has 2 unspecified atom stereocenters. The zero-order chi connectivity index (χ0) is 7.35. The van der Waals surface area contributed by atoms with E-state index in [1.54, 1.807) is 0 Å². The standard InChI is InChI=1S/C7H7ClO2/c8-7-2-1-4(3-7)5(9)6(7)10/h4H,1-3H2. The lowest BCUT2D eigenvalue weighted by Gasteiger charge is -2.13. The quantitative estimate of drug-likeness (QED) is 0.388. The molecule has 2 nitrogen and oxygen atoms in total. The highest BCUT2D eigenvalue weighted by Gasteiger charge is 2.56. The number of fused-ring (bicyclic) bond motifs is 2. The molecular formula is C7H7ClO2. The van der Waals surface area contributed by atoms with E-state index in [1.165, 1.54) is 0 Å². The summed E-state index contributed by atoms with van der Waals surface area (Å²) in [5.74, 6) is -0.614. The van der Waals surface area contributed by atoms with Gasteiger partial charge in [-0.25, -0.2) is 0 Å². The van der Waals surface area contributed by atoms with Crippen molar-refractivity contribution in [1.82, 2.24) is 0 Å². The summed E-state index contributed by atoms with van der Waals surface area (Å²) in [7, 11) is 0. The van der Waals surface area contributed by atoms with Gasteiger partial charge in [0.1, 0.15) is 4.87 Å². The molecule has 3 heteroatoms. The summed E-state index contributed by atoms with van der Waals surface area (Å²) in [6, 6.07) is 0. The first kappa shape index (κ1) is 6.35. The second-order valence-electron chi connectivity index (χ2n) is 3.10. The number of carbonyl (C=O) groups excluding carboxylic acids is 2. The first-order valence-corrected chi connectivity index (χ1v) is 3.79. The Bertz CT molecular complexity index is 224. The third-order valence-corrected chi connectivity index (χ3v) is 2.98. The molecule has 10 heavy (non-hydrogen) atoms. The van der Waals surface area contributed by atoms with Gasteiger partial charge in [0, 0.05) is 5.92 Å². The van der Waals surface area contributed by atoms with Crippen LogP contribution in [-0.2, 0) is 9.59 Å². The van der Waals surface area contributed by atoms with E-state index in [4.69, 9.17) is 11.6 Å². The number of hydrogen-bond donors (Lipinski definition) is 0. The van der Waals surface area contributed by atoms with E-state index in [2.05, 4.69) is 0 Å². The molecular weight excluding hydrogens is 152 g/mol. The SMILES string of the molecule is O=C1C(=O)C2(Cl)CCC1C2. The van der Waals surface area contributed by atoms with Gasteiger partial charge in [-0.15, -0.1) is 11.6 Å². The number of alkyl halides is 1. The largest absolute Gasteiger partial charge is 0.291 e. The molecule has 0 radical (unpaired) electrons. The van der Waals surface area contributed by atoms with Crippen molar-refractivity contribution in [1.29, 1.82) is 0 Å². The monoisotopic (exact) mass is 158 g/mol. The Morgan fingerprint density at radius 1 is 1.50 bits per heavy atom. The van der Waals surface area contributed by atoms with Crippen LogP contribution in [0.15, 0.2) is 0 Å². The summed E-state index contributed by atoms with van der Waals surface area (Å²) in [5, 5.41) is 0. The van der Waals surface area contributed by atoms with Gasteiger partial charge >= 0.3 is 0 Å². The summed E-state index contributed by atoms with van der Waals surface area (Å²) in [4.78, 5) is 21.2. The van der Waals surface area contributed by atoms with Crippen molar-refractivity contribution >= 4 is 23.2 Å².